The van der Waals surface area contributed by atoms with Gasteiger partial charge in [-0.25, -0.2) is 0 Å². The molecule has 1 aromatic carbocycles. The number of carbonyl (C=O) groups excluding carboxylic acids is 1. The number of benzene rings is 1. The van der Waals surface area contributed by atoms with Gasteiger partial charge in [-0.15, -0.1) is 0 Å². The quantitative estimate of drug-likeness (QED) is 0.754. The molecule has 0 radical (unpaired) electrons. The van der Waals surface area contributed by atoms with Crippen LogP contribution >= 0.6 is 0 Å². The van der Waals surface area contributed by atoms with E-state index in [1.54, 1.807) is 0 Å². The first-order valence-corrected chi connectivity index (χ1v) is 4.53. The fraction of sp³-hybridized carbons (Fsp3) is 0.364. The minimum atomic E-state index is -0.212. The van der Waals surface area contributed by atoms with Crippen LogP contribution in [0.1, 0.15) is 20.3 Å². The summed E-state index contributed by atoms with van der Waals surface area (Å²) in [5.74, 6) is -0.240. The van der Waals surface area contributed by atoms with Crippen molar-refractivity contribution in [3.8, 4) is 0 Å². The summed E-state index contributed by atoms with van der Waals surface area (Å²) in [5.41, 5.74) is 6.42. The summed E-state index contributed by atoms with van der Waals surface area (Å²) in [4.78, 5) is 10.7. The molecule has 0 bridgehead atoms. The average molecular weight is 179 g/mol. The third kappa shape index (κ3) is 3.28. The minimum Gasteiger partial charge on any atom is -0.369 e. The van der Waals surface area contributed by atoms with Crippen molar-refractivity contribution >= 4 is 5.91 Å². The number of hydrogen-bond donors (Lipinski definition) is 1. The van der Waals surface area contributed by atoms with Gasteiger partial charge in [-0.1, -0.05) is 37.3 Å². The van der Waals surface area contributed by atoms with Gasteiger partial charge in [-0.2, -0.15) is 0 Å². The van der Waals surface area contributed by atoms with Crippen LogP contribution in [-0.2, 0) is 11.2 Å². The van der Waals surface area contributed by atoms with Gasteiger partial charge in [0.25, 0.3) is 0 Å². The van der Waals surface area contributed by atoms with Crippen molar-refractivity contribution in [1.29, 1.82) is 0 Å². The van der Waals surface area contributed by atoms with Crippen molar-refractivity contribution in [2.75, 3.05) is 0 Å². The lowest BCUT2D eigenvalue weighted by atomic mass is 10.0. The van der Waals surface area contributed by atoms with Gasteiger partial charge in [0, 0.05) is 7.34 Å². The van der Waals surface area contributed by atoms with Gasteiger partial charge in [-0.05, 0) is 18.4 Å². The Morgan fingerprint density at radius 1 is 1.46 bits per heavy atom. The van der Waals surface area contributed by atoms with Crippen LogP contribution in [0, 0.1) is 5.92 Å². The fourth-order valence-electron chi connectivity index (χ4n) is 1.17. The number of amides is 1. The van der Waals surface area contributed by atoms with Crippen LogP contribution in [0.5, 0.6) is 0 Å². The maximum atomic E-state index is 10.7. The molecule has 1 rings (SSSR count). The molecule has 72 valence electrons. The van der Waals surface area contributed by atoms with E-state index in [0.29, 0.717) is 0 Å². The Morgan fingerprint density at radius 2 is 2.08 bits per heavy atom. The second-order valence-corrected chi connectivity index (χ2v) is 3.33. The van der Waals surface area contributed by atoms with Crippen LogP contribution in [0.2, 0.25) is 0 Å². The van der Waals surface area contributed by atoms with Crippen molar-refractivity contribution in [1.82, 2.24) is 0 Å². The molecule has 1 aromatic rings. The second-order valence-electron chi connectivity index (χ2n) is 3.33. The first-order valence-electron chi connectivity index (χ1n) is 4.53. The lowest BCUT2D eigenvalue weighted by Crippen LogP contribution is -2.20. The Hall–Kier alpha value is -1.31. The normalized spacial score (nSPS) is 12.4. The van der Waals surface area contributed by atoms with Crippen LogP contribution in [0.3, 0.4) is 0 Å². The van der Waals surface area contributed by atoms with E-state index in [4.69, 9.17) is 5.73 Å². The summed E-state index contributed by atoms with van der Waals surface area (Å²) in [5, 5.41) is 0. The van der Waals surface area contributed by atoms with Crippen LogP contribution in [0.25, 0.3) is 0 Å². The zero-order valence-electron chi connectivity index (χ0n) is 7.86. The number of hydrogen-bond acceptors (Lipinski definition) is 1. The Morgan fingerprint density at radius 3 is 2.62 bits per heavy atom. The summed E-state index contributed by atoms with van der Waals surface area (Å²) in [7, 11) is 0. The molecule has 13 heavy (non-hydrogen) atoms. The molecule has 1 atom stereocenters. The molecule has 0 spiro atoms. The van der Waals surface area contributed by atoms with E-state index >= 15 is 0 Å². The van der Waals surface area contributed by atoms with E-state index in [-0.39, 0.29) is 13.3 Å². The van der Waals surface area contributed by atoms with Gasteiger partial charge in [-0.3, -0.25) is 4.79 Å². The summed E-state index contributed by atoms with van der Waals surface area (Å²) >= 11 is 0. The fourth-order valence-corrected chi connectivity index (χ4v) is 1.17. The van der Waals surface area contributed by atoms with E-state index in [1.807, 2.05) is 25.1 Å². The monoisotopic (exact) mass is 179 g/mol. The number of carbonyl (C=O) groups is 1. The van der Waals surface area contributed by atoms with Crippen molar-refractivity contribution in [3.63, 3.8) is 0 Å². The van der Waals surface area contributed by atoms with Crippen LogP contribution in [-0.4, -0.2) is 5.91 Å². The van der Waals surface area contributed by atoms with Crippen LogP contribution in [0.4, 0.5) is 0 Å². The Balaban J connectivity index is 0.00000169. The highest BCUT2D eigenvalue weighted by molar-refractivity contribution is 5.76. The SMILES string of the molecule is C[C@H](CCc1ccccc1)C(N)=O.[HH]. The maximum Gasteiger partial charge on any atom is 0.220 e. The molecule has 2 heteroatoms. The summed E-state index contributed by atoms with van der Waals surface area (Å²) < 4.78 is 0. The second kappa shape index (κ2) is 4.65. The van der Waals surface area contributed by atoms with E-state index in [0.717, 1.165) is 12.8 Å². The van der Waals surface area contributed by atoms with E-state index < -0.39 is 0 Å². The van der Waals surface area contributed by atoms with Gasteiger partial charge in [0.05, 0.1) is 0 Å². The zero-order valence-corrected chi connectivity index (χ0v) is 7.86. The molecule has 0 aromatic heterocycles. The highest BCUT2D eigenvalue weighted by atomic mass is 16.1. The molecule has 0 unspecified atom stereocenters. The molecule has 0 fully saturated rings. The maximum absolute atomic E-state index is 10.7. The topological polar surface area (TPSA) is 43.1 Å². The van der Waals surface area contributed by atoms with Crippen molar-refractivity contribution in [2.24, 2.45) is 11.7 Å². The number of primary amides is 1. The predicted molar refractivity (Wildman–Crippen MR) is 55.2 cm³/mol. The molecule has 0 heterocycles. The van der Waals surface area contributed by atoms with Crippen molar-refractivity contribution in [3.05, 3.63) is 35.9 Å². The first-order chi connectivity index (χ1) is 6.20. The highest BCUT2D eigenvalue weighted by Gasteiger charge is 2.07. The van der Waals surface area contributed by atoms with Crippen molar-refractivity contribution in [2.45, 2.75) is 19.8 Å². The lowest BCUT2D eigenvalue weighted by Gasteiger charge is -2.06. The van der Waals surface area contributed by atoms with Gasteiger partial charge in [0.15, 0.2) is 0 Å². The lowest BCUT2D eigenvalue weighted by molar-refractivity contribution is -0.121. The smallest absolute Gasteiger partial charge is 0.220 e. The van der Waals surface area contributed by atoms with Gasteiger partial charge in [0.2, 0.25) is 5.91 Å². The van der Waals surface area contributed by atoms with Gasteiger partial charge < -0.3 is 5.73 Å². The van der Waals surface area contributed by atoms with E-state index in [2.05, 4.69) is 12.1 Å². The van der Waals surface area contributed by atoms with Gasteiger partial charge >= 0.3 is 0 Å². The molecule has 0 aliphatic heterocycles. The number of aryl methyl sites for hydroxylation is 1. The minimum absolute atomic E-state index is 0. The first kappa shape index (κ1) is 9.78. The molecular weight excluding hydrogens is 162 g/mol. The zero-order chi connectivity index (χ0) is 9.68. The molecule has 0 saturated heterocycles. The van der Waals surface area contributed by atoms with Crippen LogP contribution in [0.15, 0.2) is 30.3 Å². The molecule has 0 aliphatic rings. The number of rotatable bonds is 4. The standard InChI is InChI=1S/C11H15NO.H2/c1-9(11(12)13)7-8-10-5-3-2-4-6-10;/h2-6,9H,7-8H2,1H3,(H2,12,13);1H/t9-;/m1./s1. The third-order valence-corrected chi connectivity index (χ3v) is 2.19. The Bertz CT molecular complexity index is 274. The predicted octanol–water partition coefficient (Wildman–Crippen LogP) is 1.99. The van der Waals surface area contributed by atoms with E-state index in [1.165, 1.54) is 5.56 Å². The molecule has 0 aliphatic carbocycles. The summed E-state index contributed by atoms with van der Waals surface area (Å²) in [6, 6.07) is 10.1. The average Bonchev–Trinajstić information content (AvgIpc) is 2.15. The summed E-state index contributed by atoms with van der Waals surface area (Å²) in [6.07, 6.45) is 1.75. The molecule has 2 nitrogen and oxygen atoms in total. The van der Waals surface area contributed by atoms with Crippen LogP contribution < -0.4 is 5.73 Å². The van der Waals surface area contributed by atoms with Crippen molar-refractivity contribution < 1.29 is 6.22 Å². The molecular formula is C11H17NO. The van der Waals surface area contributed by atoms with E-state index in [9.17, 15) is 4.79 Å². The highest BCUT2D eigenvalue weighted by Crippen LogP contribution is 2.08. The third-order valence-electron chi connectivity index (χ3n) is 2.19. The number of nitrogens with two attached hydrogens (primary N) is 1. The molecule has 2 N–H and O–H groups in total. The Labute approximate surface area is 80.2 Å². The molecule has 1 amide bonds. The molecule has 0 saturated carbocycles. The Kier molecular flexibility index (Phi) is 3.50. The van der Waals surface area contributed by atoms with Gasteiger partial charge in [0.1, 0.15) is 0 Å². The summed E-state index contributed by atoms with van der Waals surface area (Å²) in [6.45, 7) is 1.87. The largest absolute Gasteiger partial charge is 0.369 e.